The second-order valence-electron chi connectivity index (χ2n) is 4.24. The fourth-order valence-corrected chi connectivity index (χ4v) is 1.89. The van der Waals surface area contributed by atoms with Gasteiger partial charge in [-0.1, -0.05) is 0 Å². The molecule has 0 bridgehead atoms. The van der Waals surface area contributed by atoms with Crippen LogP contribution in [0.25, 0.3) is 0 Å². The van der Waals surface area contributed by atoms with Gasteiger partial charge in [0.2, 0.25) is 5.82 Å². The van der Waals surface area contributed by atoms with Crippen LogP contribution in [0.5, 0.6) is 0 Å². The fraction of sp³-hybridized carbons (Fsp3) is 0.600. The summed E-state index contributed by atoms with van der Waals surface area (Å²) in [4.78, 5) is 23.0. The summed E-state index contributed by atoms with van der Waals surface area (Å²) < 4.78 is 19.8. The maximum absolute atomic E-state index is 13.3. The average molecular weight is 260 g/mol. The zero-order chi connectivity index (χ0) is 13.6. The lowest BCUT2D eigenvalue weighted by atomic mass is 10.1. The van der Waals surface area contributed by atoms with Crippen LogP contribution in [0.1, 0.15) is 13.2 Å². The summed E-state index contributed by atoms with van der Waals surface area (Å²) in [5.41, 5.74) is -1.89. The topological polar surface area (TPSA) is 93.7 Å². The molecule has 0 saturated carbocycles. The van der Waals surface area contributed by atoms with Gasteiger partial charge in [0.05, 0.1) is 12.3 Å². The molecule has 100 valence electrons. The minimum Gasteiger partial charge on any atom is -0.388 e. The van der Waals surface area contributed by atoms with Crippen molar-refractivity contribution in [3.63, 3.8) is 0 Å². The first-order chi connectivity index (χ1) is 8.34. The van der Waals surface area contributed by atoms with Crippen molar-refractivity contribution >= 4 is 0 Å². The Morgan fingerprint density at radius 2 is 1.94 bits per heavy atom. The lowest BCUT2D eigenvalue weighted by molar-refractivity contribution is -0.0363. The van der Waals surface area contributed by atoms with Gasteiger partial charge in [-0.3, -0.25) is 13.9 Å². The number of hydrogen-bond acceptors (Lipinski definition) is 5. The van der Waals surface area contributed by atoms with Crippen molar-refractivity contribution in [2.24, 2.45) is 7.05 Å². The first kappa shape index (κ1) is 12.9. The molecular formula is C10H13FN2O5. The van der Waals surface area contributed by atoms with Gasteiger partial charge in [-0.15, -0.1) is 0 Å². The number of nitrogens with zero attached hydrogens (tertiary/aromatic N) is 2. The SMILES string of the molecule is C[C@H]1O[C@@H](n2cc(F)c(=O)n(C)c2=O)[C@H](O)[C@@H]1O. The van der Waals surface area contributed by atoms with E-state index >= 15 is 0 Å². The maximum Gasteiger partial charge on any atom is 0.333 e. The van der Waals surface area contributed by atoms with E-state index in [1.165, 1.54) is 6.92 Å². The van der Waals surface area contributed by atoms with Gasteiger partial charge in [0.1, 0.15) is 12.2 Å². The molecule has 8 heteroatoms. The fourth-order valence-electron chi connectivity index (χ4n) is 1.89. The first-order valence-corrected chi connectivity index (χ1v) is 5.34. The Hall–Kier alpha value is -1.51. The normalized spacial score (nSPS) is 31.8. The number of aliphatic hydroxyl groups is 2. The third-order valence-electron chi connectivity index (χ3n) is 3.02. The summed E-state index contributed by atoms with van der Waals surface area (Å²) in [5, 5.41) is 19.2. The summed E-state index contributed by atoms with van der Waals surface area (Å²) in [6.45, 7) is 1.51. The van der Waals surface area contributed by atoms with E-state index in [2.05, 4.69) is 0 Å². The predicted molar refractivity (Wildman–Crippen MR) is 57.5 cm³/mol. The molecule has 4 atom stereocenters. The third kappa shape index (κ3) is 1.78. The largest absolute Gasteiger partial charge is 0.388 e. The van der Waals surface area contributed by atoms with Crippen LogP contribution in [0.15, 0.2) is 15.8 Å². The smallest absolute Gasteiger partial charge is 0.333 e. The Morgan fingerprint density at radius 3 is 2.44 bits per heavy atom. The molecule has 2 rings (SSSR count). The highest BCUT2D eigenvalue weighted by Gasteiger charge is 2.42. The number of aromatic nitrogens is 2. The van der Waals surface area contributed by atoms with Gasteiger partial charge >= 0.3 is 5.69 Å². The van der Waals surface area contributed by atoms with Crippen molar-refractivity contribution in [3.8, 4) is 0 Å². The molecule has 0 amide bonds. The number of halogens is 1. The number of hydrogen-bond donors (Lipinski definition) is 2. The van der Waals surface area contributed by atoms with Crippen molar-refractivity contribution in [1.82, 2.24) is 9.13 Å². The highest BCUT2D eigenvalue weighted by molar-refractivity contribution is 4.95. The van der Waals surface area contributed by atoms with E-state index in [-0.39, 0.29) is 0 Å². The molecule has 0 radical (unpaired) electrons. The van der Waals surface area contributed by atoms with Gasteiger partial charge in [0.25, 0.3) is 5.56 Å². The summed E-state index contributed by atoms with van der Waals surface area (Å²) >= 11 is 0. The lowest BCUT2D eigenvalue weighted by Gasteiger charge is -2.18. The molecule has 18 heavy (non-hydrogen) atoms. The molecule has 0 unspecified atom stereocenters. The van der Waals surface area contributed by atoms with E-state index in [0.717, 1.165) is 11.6 Å². The quantitative estimate of drug-likeness (QED) is 0.629. The van der Waals surface area contributed by atoms with E-state index in [0.29, 0.717) is 10.8 Å². The molecule has 1 aliphatic rings. The lowest BCUT2D eigenvalue weighted by Crippen LogP contribution is -2.43. The number of aliphatic hydroxyl groups excluding tert-OH is 2. The van der Waals surface area contributed by atoms with E-state index in [4.69, 9.17) is 4.74 Å². The number of rotatable bonds is 1. The van der Waals surface area contributed by atoms with Gasteiger partial charge in [0.15, 0.2) is 6.23 Å². The molecule has 1 aromatic heterocycles. The summed E-state index contributed by atoms with van der Waals surface area (Å²) in [7, 11) is 1.12. The summed E-state index contributed by atoms with van der Waals surface area (Å²) in [6, 6.07) is 0. The molecule has 2 heterocycles. The van der Waals surface area contributed by atoms with Gasteiger partial charge in [-0.05, 0) is 6.92 Å². The molecule has 0 aromatic carbocycles. The standard InChI is InChI=1S/C10H13FN2O5/c1-4-6(14)7(15)9(18-4)13-3-5(11)8(16)12(2)10(13)17/h3-4,6-7,9,14-15H,1-2H3/t4-,6-,7-,9-/m1/s1. The van der Waals surface area contributed by atoms with E-state index in [1.54, 1.807) is 0 Å². The van der Waals surface area contributed by atoms with Crippen LogP contribution >= 0.6 is 0 Å². The van der Waals surface area contributed by atoms with Crippen LogP contribution in [0.4, 0.5) is 4.39 Å². The van der Waals surface area contributed by atoms with Gasteiger partial charge in [0, 0.05) is 7.05 Å². The Morgan fingerprint density at radius 1 is 1.33 bits per heavy atom. The van der Waals surface area contributed by atoms with E-state index < -0.39 is 41.6 Å². The molecular weight excluding hydrogens is 247 g/mol. The zero-order valence-electron chi connectivity index (χ0n) is 9.78. The van der Waals surface area contributed by atoms with Crippen LogP contribution < -0.4 is 11.2 Å². The molecule has 7 nitrogen and oxygen atoms in total. The van der Waals surface area contributed by atoms with E-state index in [9.17, 15) is 24.2 Å². The van der Waals surface area contributed by atoms with Crippen LogP contribution in [0.3, 0.4) is 0 Å². The minimum atomic E-state index is -1.37. The van der Waals surface area contributed by atoms with Gasteiger partial charge < -0.3 is 14.9 Å². The van der Waals surface area contributed by atoms with Crippen LogP contribution in [0.2, 0.25) is 0 Å². The van der Waals surface area contributed by atoms with Gasteiger partial charge in [-0.2, -0.15) is 4.39 Å². The van der Waals surface area contributed by atoms with E-state index in [1.807, 2.05) is 0 Å². The summed E-state index contributed by atoms with van der Waals surface area (Å²) in [5.74, 6) is -1.14. The van der Waals surface area contributed by atoms with Crippen molar-refractivity contribution in [2.75, 3.05) is 0 Å². The monoisotopic (exact) mass is 260 g/mol. The second-order valence-corrected chi connectivity index (χ2v) is 4.24. The second kappa shape index (κ2) is 4.30. The Balaban J connectivity index is 2.54. The molecule has 0 aliphatic carbocycles. The van der Waals surface area contributed by atoms with Crippen molar-refractivity contribution in [2.45, 2.75) is 31.5 Å². The Kier molecular flexibility index (Phi) is 3.09. The predicted octanol–water partition coefficient (Wildman–Crippen LogP) is -1.67. The summed E-state index contributed by atoms with van der Waals surface area (Å²) in [6.07, 6.45) is -3.79. The average Bonchev–Trinajstić information content (AvgIpc) is 2.59. The van der Waals surface area contributed by atoms with Crippen molar-refractivity contribution in [3.05, 3.63) is 32.9 Å². The molecule has 1 aliphatic heterocycles. The third-order valence-corrected chi connectivity index (χ3v) is 3.02. The maximum atomic E-state index is 13.3. The Labute approximate surface area is 101 Å². The molecule has 1 aromatic rings. The minimum absolute atomic E-state index is 0.570. The zero-order valence-corrected chi connectivity index (χ0v) is 9.78. The highest BCUT2D eigenvalue weighted by Crippen LogP contribution is 2.27. The van der Waals surface area contributed by atoms with Crippen molar-refractivity contribution < 1.29 is 19.3 Å². The Bertz CT molecular complexity index is 581. The molecule has 2 N–H and O–H groups in total. The van der Waals surface area contributed by atoms with Crippen molar-refractivity contribution in [1.29, 1.82) is 0 Å². The van der Waals surface area contributed by atoms with Crippen LogP contribution in [-0.2, 0) is 11.8 Å². The van der Waals surface area contributed by atoms with Crippen LogP contribution in [0, 0.1) is 5.82 Å². The molecule has 1 fully saturated rings. The number of ether oxygens (including phenoxy) is 1. The van der Waals surface area contributed by atoms with Gasteiger partial charge in [-0.25, -0.2) is 4.79 Å². The molecule has 0 spiro atoms. The molecule has 1 saturated heterocycles. The highest BCUT2D eigenvalue weighted by atomic mass is 19.1. The first-order valence-electron chi connectivity index (χ1n) is 5.34. The van der Waals surface area contributed by atoms with Crippen LogP contribution in [-0.4, -0.2) is 37.7 Å².